The van der Waals surface area contributed by atoms with Gasteiger partial charge in [0.2, 0.25) is 0 Å². The van der Waals surface area contributed by atoms with E-state index in [0.29, 0.717) is 12.2 Å². The molecule has 4 nitrogen and oxygen atoms in total. The van der Waals surface area contributed by atoms with Gasteiger partial charge in [-0.2, -0.15) is 5.26 Å². The second kappa shape index (κ2) is 7.96. The van der Waals surface area contributed by atoms with E-state index in [9.17, 15) is 5.11 Å². The Morgan fingerprint density at radius 3 is 2.33 bits per heavy atom. The normalized spacial score (nSPS) is 17.6. The molecule has 1 N–H and O–H groups in total. The summed E-state index contributed by atoms with van der Waals surface area (Å²) >= 11 is 0. The third-order valence-electron chi connectivity index (χ3n) is 4.34. The molecule has 0 aromatic heterocycles. The minimum absolute atomic E-state index is 0.152. The molecule has 0 radical (unpaired) electrons. The molecule has 1 atom stereocenters. The molecule has 24 heavy (non-hydrogen) atoms. The van der Waals surface area contributed by atoms with Crippen LogP contribution < -0.4 is 4.74 Å². The van der Waals surface area contributed by atoms with Gasteiger partial charge in [0, 0.05) is 19.6 Å². The molecule has 0 unspecified atom stereocenters. The van der Waals surface area contributed by atoms with Crippen LogP contribution in [0, 0.1) is 11.3 Å². The van der Waals surface area contributed by atoms with Crippen LogP contribution in [0.3, 0.4) is 0 Å². The number of hydrogen-bond donors (Lipinski definition) is 1. The Labute approximate surface area is 142 Å². The number of likely N-dealkylation sites (tertiary alicyclic amines) is 1. The molecule has 1 saturated heterocycles. The van der Waals surface area contributed by atoms with E-state index in [2.05, 4.69) is 11.0 Å². The van der Waals surface area contributed by atoms with Crippen LogP contribution in [0.4, 0.5) is 0 Å². The maximum Gasteiger partial charge on any atom is 0.119 e. The first-order valence-corrected chi connectivity index (χ1v) is 8.38. The van der Waals surface area contributed by atoms with Crippen molar-refractivity contribution < 1.29 is 9.84 Å². The van der Waals surface area contributed by atoms with Crippen molar-refractivity contribution in [1.29, 1.82) is 5.26 Å². The van der Waals surface area contributed by atoms with E-state index in [1.807, 2.05) is 48.5 Å². The summed E-state index contributed by atoms with van der Waals surface area (Å²) in [5, 5.41) is 18.3. The van der Waals surface area contributed by atoms with Crippen LogP contribution in [0.15, 0.2) is 48.5 Å². The van der Waals surface area contributed by atoms with Crippen molar-refractivity contribution in [3.8, 4) is 22.9 Å². The third-order valence-corrected chi connectivity index (χ3v) is 4.34. The van der Waals surface area contributed by atoms with Gasteiger partial charge in [0.15, 0.2) is 0 Å². The second-order valence-corrected chi connectivity index (χ2v) is 6.16. The zero-order valence-electron chi connectivity index (χ0n) is 13.7. The molecule has 2 aromatic carbocycles. The van der Waals surface area contributed by atoms with E-state index in [1.165, 1.54) is 0 Å². The van der Waals surface area contributed by atoms with Gasteiger partial charge in [0.05, 0.1) is 24.3 Å². The first-order chi connectivity index (χ1) is 11.7. The average Bonchev–Trinajstić information content (AvgIpc) is 3.05. The van der Waals surface area contributed by atoms with Gasteiger partial charge in [0.25, 0.3) is 0 Å². The fourth-order valence-electron chi connectivity index (χ4n) is 2.97. The van der Waals surface area contributed by atoms with Gasteiger partial charge in [0.1, 0.15) is 5.75 Å². The standard InChI is InChI=1S/C20H22N2O2/c21-14-16-2-4-17(5-3-16)18-6-8-20(9-7-18)24-13-1-11-22-12-10-19(23)15-22/h2-9,19,23H,1,10-13,15H2/t19-/m0/s1. The van der Waals surface area contributed by atoms with Gasteiger partial charge in [-0.3, -0.25) is 0 Å². The molecule has 3 rings (SSSR count). The predicted molar refractivity (Wildman–Crippen MR) is 93.8 cm³/mol. The fourth-order valence-corrected chi connectivity index (χ4v) is 2.97. The Kier molecular flexibility index (Phi) is 5.47. The smallest absolute Gasteiger partial charge is 0.119 e. The van der Waals surface area contributed by atoms with Crippen LogP contribution in [0.2, 0.25) is 0 Å². The molecule has 0 aliphatic carbocycles. The van der Waals surface area contributed by atoms with Crippen molar-refractivity contribution in [2.45, 2.75) is 18.9 Å². The maximum absolute atomic E-state index is 9.49. The van der Waals surface area contributed by atoms with E-state index in [4.69, 9.17) is 10.00 Å². The third kappa shape index (κ3) is 4.35. The summed E-state index contributed by atoms with van der Waals surface area (Å²) < 4.78 is 5.79. The number of β-amino-alcohol motifs (C(OH)–C–C–N with tert-alkyl or cyclic N) is 1. The van der Waals surface area contributed by atoms with Crippen LogP contribution in [0.25, 0.3) is 11.1 Å². The van der Waals surface area contributed by atoms with Crippen LogP contribution in [-0.4, -0.2) is 42.4 Å². The number of aliphatic hydroxyl groups is 1. The molecule has 124 valence electrons. The summed E-state index contributed by atoms with van der Waals surface area (Å²) in [5.74, 6) is 0.869. The largest absolute Gasteiger partial charge is 0.494 e. The highest BCUT2D eigenvalue weighted by Gasteiger charge is 2.19. The summed E-state index contributed by atoms with van der Waals surface area (Å²) in [7, 11) is 0. The molecule has 0 bridgehead atoms. The summed E-state index contributed by atoms with van der Waals surface area (Å²) in [4.78, 5) is 2.28. The van der Waals surface area contributed by atoms with E-state index >= 15 is 0 Å². The Morgan fingerprint density at radius 1 is 1.08 bits per heavy atom. The number of ether oxygens (including phenoxy) is 1. The fraction of sp³-hybridized carbons (Fsp3) is 0.350. The first kappa shape index (κ1) is 16.5. The second-order valence-electron chi connectivity index (χ2n) is 6.16. The zero-order valence-corrected chi connectivity index (χ0v) is 13.7. The van der Waals surface area contributed by atoms with Gasteiger partial charge in [-0.25, -0.2) is 0 Å². The van der Waals surface area contributed by atoms with Crippen LogP contribution >= 0.6 is 0 Å². The monoisotopic (exact) mass is 322 g/mol. The topological polar surface area (TPSA) is 56.5 Å². The number of hydrogen-bond acceptors (Lipinski definition) is 4. The minimum Gasteiger partial charge on any atom is -0.494 e. The van der Waals surface area contributed by atoms with Crippen molar-refractivity contribution in [1.82, 2.24) is 4.90 Å². The van der Waals surface area contributed by atoms with Crippen LogP contribution in [0.1, 0.15) is 18.4 Å². The van der Waals surface area contributed by atoms with E-state index in [0.717, 1.165) is 49.4 Å². The molecule has 1 aliphatic rings. The lowest BCUT2D eigenvalue weighted by atomic mass is 10.0. The molecular weight excluding hydrogens is 300 g/mol. The summed E-state index contributed by atoms with van der Waals surface area (Å²) in [6.45, 7) is 3.43. The number of nitrogens with zero attached hydrogens (tertiary/aromatic N) is 2. The lowest BCUT2D eigenvalue weighted by Crippen LogP contribution is -2.24. The highest BCUT2D eigenvalue weighted by atomic mass is 16.5. The molecular formula is C20H22N2O2. The SMILES string of the molecule is N#Cc1ccc(-c2ccc(OCCCN3CC[C@H](O)C3)cc2)cc1. The van der Waals surface area contributed by atoms with Gasteiger partial charge in [-0.15, -0.1) is 0 Å². The van der Waals surface area contributed by atoms with Crippen LogP contribution in [0.5, 0.6) is 5.75 Å². The minimum atomic E-state index is -0.152. The van der Waals surface area contributed by atoms with Crippen molar-refractivity contribution >= 4 is 0 Å². The van der Waals surface area contributed by atoms with E-state index in [-0.39, 0.29) is 6.10 Å². The van der Waals surface area contributed by atoms with Gasteiger partial charge < -0.3 is 14.7 Å². The van der Waals surface area contributed by atoms with Gasteiger partial charge >= 0.3 is 0 Å². The first-order valence-electron chi connectivity index (χ1n) is 8.38. The molecule has 1 aliphatic heterocycles. The number of nitriles is 1. The van der Waals surface area contributed by atoms with Gasteiger partial charge in [-0.1, -0.05) is 24.3 Å². The highest BCUT2D eigenvalue weighted by molar-refractivity contribution is 5.64. The van der Waals surface area contributed by atoms with Crippen molar-refractivity contribution in [2.75, 3.05) is 26.2 Å². The summed E-state index contributed by atoms with van der Waals surface area (Å²) in [6.07, 6.45) is 1.70. The zero-order chi connectivity index (χ0) is 16.8. The highest BCUT2D eigenvalue weighted by Crippen LogP contribution is 2.23. The lowest BCUT2D eigenvalue weighted by molar-refractivity contribution is 0.173. The molecule has 2 aromatic rings. The van der Waals surface area contributed by atoms with E-state index < -0.39 is 0 Å². The van der Waals surface area contributed by atoms with Crippen LogP contribution in [-0.2, 0) is 0 Å². The molecule has 0 spiro atoms. The van der Waals surface area contributed by atoms with Crippen molar-refractivity contribution in [2.24, 2.45) is 0 Å². The Morgan fingerprint density at radius 2 is 1.75 bits per heavy atom. The summed E-state index contributed by atoms with van der Waals surface area (Å²) in [6, 6.07) is 17.7. The number of rotatable bonds is 6. The summed E-state index contributed by atoms with van der Waals surface area (Å²) in [5.41, 5.74) is 2.87. The van der Waals surface area contributed by atoms with Crippen molar-refractivity contribution in [3.05, 3.63) is 54.1 Å². The Bertz CT molecular complexity index is 689. The van der Waals surface area contributed by atoms with E-state index in [1.54, 1.807) is 0 Å². The average molecular weight is 322 g/mol. The molecule has 0 amide bonds. The maximum atomic E-state index is 9.49. The molecule has 1 heterocycles. The number of benzene rings is 2. The molecule has 4 heteroatoms. The Balaban J connectivity index is 1.46. The molecule has 0 saturated carbocycles. The number of aliphatic hydroxyl groups excluding tert-OH is 1. The predicted octanol–water partition coefficient (Wildman–Crippen LogP) is 3.06. The Hall–Kier alpha value is -2.35. The van der Waals surface area contributed by atoms with Gasteiger partial charge in [-0.05, 0) is 48.2 Å². The lowest BCUT2D eigenvalue weighted by Gasteiger charge is -2.14. The van der Waals surface area contributed by atoms with Crippen molar-refractivity contribution in [3.63, 3.8) is 0 Å². The quantitative estimate of drug-likeness (QED) is 0.831. The molecule has 1 fully saturated rings.